The highest BCUT2D eigenvalue weighted by Gasteiger charge is 2.07. The largest absolute Gasteiger partial charge is 0.398 e. The summed E-state index contributed by atoms with van der Waals surface area (Å²) in [5.41, 5.74) is 6.41. The van der Waals surface area contributed by atoms with Crippen molar-refractivity contribution in [3.05, 3.63) is 26.9 Å². The molecule has 1 nitrogen and oxygen atoms in total. The zero-order valence-corrected chi connectivity index (χ0v) is 8.95. The van der Waals surface area contributed by atoms with Crippen molar-refractivity contribution in [3.63, 3.8) is 0 Å². The number of nitrogens with two attached hydrogens (primary N) is 1. The highest BCUT2D eigenvalue weighted by atomic mass is 127. The van der Waals surface area contributed by atoms with Gasteiger partial charge in [-0.15, -0.1) is 11.3 Å². The SMILES string of the molecule is Nc1csc2c(I)c(F)ccc12. The third kappa shape index (κ3) is 1.09. The molecule has 2 aromatic rings. The Bertz CT molecular complexity index is 438. The van der Waals surface area contributed by atoms with Gasteiger partial charge in [0.2, 0.25) is 0 Å². The van der Waals surface area contributed by atoms with Gasteiger partial charge in [-0.2, -0.15) is 0 Å². The molecule has 12 heavy (non-hydrogen) atoms. The van der Waals surface area contributed by atoms with E-state index in [0.717, 1.165) is 15.8 Å². The van der Waals surface area contributed by atoms with E-state index in [1.165, 1.54) is 17.4 Å². The molecule has 0 saturated heterocycles. The summed E-state index contributed by atoms with van der Waals surface area (Å²) in [6.45, 7) is 0. The second-order valence-corrected chi connectivity index (χ2v) is 4.39. The molecule has 0 amide bonds. The van der Waals surface area contributed by atoms with Gasteiger partial charge < -0.3 is 5.73 Å². The van der Waals surface area contributed by atoms with Crippen LogP contribution >= 0.6 is 33.9 Å². The number of nitrogen functional groups attached to an aromatic ring is 1. The molecule has 62 valence electrons. The van der Waals surface area contributed by atoms with Crippen LogP contribution in [0.25, 0.3) is 10.1 Å². The normalized spacial score (nSPS) is 10.8. The van der Waals surface area contributed by atoms with Crippen molar-refractivity contribution in [2.75, 3.05) is 5.73 Å². The minimum Gasteiger partial charge on any atom is -0.398 e. The molecule has 0 aliphatic heterocycles. The molecule has 2 N–H and O–H groups in total. The van der Waals surface area contributed by atoms with Crippen molar-refractivity contribution in [2.45, 2.75) is 0 Å². The first-order valence-electron chi connectivity index (χ1n) is 3.31. The molecule has 0 aliphatic rings. The molecule has 1 heterocycles. The Hall–Kier alpha value is -0.360. The van der Waals surface area contributed by atoms with Crippen molar-refractivity contribution in [3.8, 4) is 0 Å². The van der Waals surface area contributed by atoms with E-state index in [0.29, 0.717) is 3.57 Å². The van der Waals surface area contributed by atoms with Crippen LogP contribution in [0.15, 0.2) is 17.5 Å². The summed E-state index contributed by atoms with van der Waals surface area (Å²) in [6, 6.07) is 3.17. The van der Waals surface area contributed by atoms with Crippen LogP contribution in [0.3, 0.4) is 0 Å². The second-order valence-electron chi connectivity index (χ2n) is 2.43. The number of anilines is 1. The lowest BCUT2D eigenvalue weighted by Crippen LogP contribution is -1.83. The maximum atomic E-state index is 13.0. The van der Waals surface area contributed by atoms with E-state index in [4.69, 9.17) is 5.73 Å². The molecule has 0 fully saturated rings. The predicted molar refractivity (Wildman–Crippen MR) is 58.9 cm³/mol. The minimum absolute atomic E-state index is 0.176. The second kappa shape index (κ2) is 2.85. The molecule has 1 aromatic carbocycles. The van der Waals surface area contributed by atoms with Crippen LogP contribution in [0.1, 0.15) is 0 Å². The quantitative estimate of drug-likeness (QED) is 0.741. The fraction of sp³-hybridized carbons (Fsp3) is 0. The van der Waals surface area contributed by atoms with Gasteiger partial charge in [0.05, 0.1) is 14.0 Å². The molecule has 0 atom stereocenters. The number of thiophene rings is 1. The fourth-order valence-corrected chi connectivity index (χ4v) is 2.80. The summed E-state index contributed by atoms with van der Waals surface area (Å²) >= 11 is 3.48. The highest BCUT2D eigenvalue weighted by Crippen LogP contribution is 2.32. The summed E-state index contributed by atoms with van der Waals surface area (Å²) in [4.78, 5) is 0. The van der Waals surface area contributed by atoms with Gasteiger partial charge in [-0.1, -0.05) is 0 Å². The molecule has 1 aromatic heterocycles. The molecule has 0 unspecified atom stereocenters. The highest BCUT2D eigenvalue weighted by molar-refractivity contribution is 14.1. The van der Waals surface area contributed by atoms with E-state index in [1.54, 1.807) is 6.07 Å². The van der Waals surface area contributed by atoms with Gasteiger partial charge in [-0.3, -0.25) is 0 Å². The number of fused-ring (bicyclic) bond motifs is 1. The zero-order valence-electron chi connectivity index (χ0n) is 5.97. The van der Waals surface area contributed by atoms with Crippen molar-refractivity contribution in [1.82, 2.24) is 0 Å². The van der Waals surface area contributed by atoms with E-state index in [9.17, 15) is 4.39 Å². The van der Waals surface area contributed by atoms with Crippen LogP contribution in [0, 0.1) is 9.39 Å². The van der Waals surface area contributed by atoms with Gasteiger partial charge in [0, 0.05) is 10.8 Å². The molecule has 0 radical (unpaired) electrons. The number of benzene rings is 1. The molecule has 0 saturated carbocycles. The summed E-state index contributed by atoms with van der Waals surface area (Å²) < 4.78 is 14.6. The Labute approximate surface area is 86.5 Å². The van der Waals surface area contributed by atoms with E-state index in [-0.39, 0.29) is 5.82 Å². The van der Waals surface area contributed by atoms with E-state index in [1.807, 2.05) is 28.0 Å². The lowest BCUT2D eigenvalue weighted by molar-refractivity contribution is 0.623. The smallest absolute Gasteiger partial charge is 0.137 e. The number of hydrogen-bond donors (Lipinski definition) is 1. The van der Waals surface area contributed by atoms with Crippen molar-refractivity contribution < 1.29 is 4.39 Å². The Morgan fingerprint density at radius 3 is 2.92 bits per heavy atom. The number of halogens is 2. The number of hydrogen-bond acceptors (Lipinski definition) is 2. The Morgan fingerprint density at radius 2 is 2.17 bits per heavy atom. The third-order valence-corrected chi connectivity index (χ3v) is 4.12. The van der Waals surface area contributed by atoms with Crippen LogP contribution in [0.4, 0.5) is 10.1 Å². The first-order valence-corrected chi connectivity index (χ1v) is 5.26. The van der Waals surface area contributed by atoms with Gasteiger partial charge in [0.1, 0.15) is 5.82 Å². The summed E-state index contributed by atoms with van der Waals surface area (Å²) in [5, 5.41) is 2.79. The lowest BCUT2D eigenvalue weighted by Gasteiger charge is -1.95. The Kier molecular flexibility index (Phi) is 1.96. The van der Waals surface area contributed by atoms with Gasteiger partial charge in [-0.05, 0) is 34.7 Å². The Morgan fingerprint density at radius 1 is 1.42 bits per heavy atom. The lowest BCUT2D eigenvalue weighted by atomic mass is 10.2. The van der Waals surface area contributed by atoms with Crippen LogP contribution in [-0.2, 0) is 0 Å². The monoisotopic (exact) mass is 293 g/mol. The standard InChI is InChI=1S/C8H5FINS/c9-5-2-1-4-6(11)3-12-8(4)7(5)10/h1-3H,11H2. The predicted octanol–water partition coefficient (Wildman–Crippen LogP) is 3.23. The van der Waals surface area contributed by atoms with Crippen molar-refractivity contribution in [2.24, 2.45) is 0 Å². The van der Waals surface area contributed by atoms with Crippen molar-refractivity contribution in [1.29, 1.82) is 0 Å². The van der Waals surface area contributed by atoms with Crippen LogP contribution in [0.2, 0.25) is 0 Å². The Balaban J connectivity index is 2.93. The van der Waals surface area contributed by atoms with Crippen LogP contribution < -0.4 is 5.73 Å². The zero-order chi connectivity index (χ0) is 8.72. The summed E-state index contributed by atoms with van der Waals surface area (Å²) in [6.07, 6.45) is 0. The first-order chi connectivity index (χ1) is 5.70. The van der Waals surface area contributed by atoms with E-state index >= 15 is 0 Å². The number of rotatable bonds is 0. The average Bonchev–Trinajstić information content (AvgIpc) is 2.41. The molecule has 2 rings (SSSR count). The van der Waals surface area contributed by atoms with Crippen LogP contribution in [-0.4, -0.2) is 0 Å². The van der Waals surface area contributed by atoms with Gasteiger partial charge in [0.15, 0.2) is 0 Å². The fourth-order valence-electron chi connectivity index (χ4n) is 1.06. The maximum Gasteiger partial charge on any atom is 0.137 e. The van der Waals surface area contributed by atoms with E-state index < -0.39 is 0 Å². The van der Waals surface area contributed by atoms with Crippen molar-refractivity contribution >= 4 is 49.7 Å². The van der Waals surface area contributed by atoms with E-state index in [2.05, 4.69) is 0 Å². The van der Waals surface area contributed by atoms with Gasteiger partial charge in [-0.25, -0.2) is 4.39 Å². The molecule has 0 bridgehead atoms. The third-order valence-electron chi connectivity index (χ3n) is 1.66. The molecular formula is C8H5FINS. The average molecular weight is 293 g/mol. The minimum atomic E-state index is -0.176. The molecule has 4 heteroatoms. The molecular weight excluding hydrogens is 288 g/mol. The van der Waals surface area contributed by atoms with Crippen LogP contribution in [0.5, 0.6) is 0 Å². The molecule has 0 spiro atoms. The maximum absolute atomic E-state index is 13.0. The van der Waals surface area contributed by atoms with Gasteiger partial charge >= 0.3 is 0 Å². The summed E-state index contributed by atoms with van der Waals surface area (Å²) in [5.74, 6) is -0.176. The molecule has 0 aliphatic carbocycles. The topological polar surface area (TPSA) is 26.0 Å². The van der Waals surface area contributed by atoms with Gasteiger partial charge in [0.25, 0.3) is 0 Å². The first kappa shape index (κ1) is 8.25. The summed E-state index contributed by atoms with van der Waals surface area (Å²) in [7, 11) is 0.